The number of rotatable bonds is 6. The first-order valence-corrected chi connectivity index (χ1v) is 10.0. The molecule has 1 heterocycles. The fourth-order valence-electron chi connectivity index (χ4n) is 3.43. The molecular formula is C25H26O5. The van der Waals surface area contributed by atoms with Gasteiger partial charge in [0.05, 0.1) is 5.39 Å². The van der Waals surface area contributed by atoms with E-state index in [0.717, 1.165) is 5.57 Å². The summed E-state index contributed by atoms with van der Waals surface area (Å²) in [7, 11) is 0. The van der Waals surface area contributed by atoms with Gasteiger partial charge in [-0.1, -0.05) is 55.8 Å². The number of allylic oxidation sites excluding steroid dienone is 2. The molecule has 1 aromatic heterocycles. The van der Waals surface area contributed by atoms with Gasteiger partial charge in [0.1, 0.15) is 17.1 Å². The number of aromatic hydroxyl groups is 2. The van der Waals surface area contributed by atoms with Crippen LogP contribution in [0.4, 0.5) is 0 Å². The molecule has 0 aliphatic heterocycles. The van der Waals surface area contributed by atoms with Crippen LogP contribution < -0.4 is 5.63 Å². The first-order chi connectivity index (χ1) is 14.3. The number of hydrogen-bond donors (Lipinski definition) is 2. The summed E-state index contributed by atoms with van der Waals surface area (Å²) in [6.07, 6.45) is 2.66. The summed E-state index contributed by atoms with van der Waals surface area (Å²) in [4.78, 5) is 25.5. The van der Waals surface area contributed by atoms with E-state index in [1.54, 1.807) is 6.92 Å². The summed E-state index contributed by atoms with van der Waals surface area (Å²) in [6.45, 7) is 7.46. The van der Waals surface area contributed by atoms with Gasteiger partial charge in [-0.3, -0.25) is 4.79 Å². The monoisotopic (exact) mass is 406 g/mol. The molecule has 2 aromatic carbocycles. The lowest BCUT2D eigenvalue weighted by atomic mass is 9.89. The fourth-order valence-corrected chi connectivity index (χ4v) is 3.43. The number of carbonyl (C=O) groups is 1. The molecule has 0 saturated carbocycles. The van der Waals surface area contributed by atoms with Crippen molar-refractivity contribution in [2.45, 2.75) is 40.5 Å². The van der Waals surface area contributed by atoms with Crippen molar-refractivity contribution < 1.29 is 19.4 Å². The molecule has 3 rings (SSSR count). The summed E-state index contributed by atoms with van der Waals surface area (Å²) >= 11 is 0. The molecule has 0 bridgehead atoms. The second-order valence-electron chi connectivity index (χ2n) is 7.76. The number of Topliss-reactive ketones (excluding diaryl/α,β-unsaturated/α-hetero) is 1. The van der Waals surface area contributed by atoms with E-state index < -0.39 is 5.63 Å². The minimum Gasteiger partial charge on any atom is -0.507 e. The van der Waals surface area contributed by atoms with Crippen molar-refractivity contribution in [1.82, 2.24) is 0 Å². The zero-order valence-electron chi connectivity index (χ0n) is 17.7. The third kappa shape index (κ3) is 3.88. The number of benzene rings is 2. The quantitative estimate of drug-likeness (QED) is 0.316. The van der Waals surface area contributed by atoms with E-state index in [1.807, 2.05) is 57.2 Å². The van der Waals surface area contributed by atoms with E-state index in [-0.39, 0.29) is 51.7 Å². The van der Waals surface area contributed by atoms with Gasteiger partial charge in [0.15, 0.2) is 11.4 Å². The number of carbonyl (C=O) groups excluding carboxylic acids is 1. The molecule has 1 atom stereocenters. The van der Waals surface area contributed by atoms with Gasteiger partial charge in [0.25, 0.3) is 0 Å². The molecule has 0 fully saturated rings. The molecule has 0 amide bonds. The van der Waals surface area contributed by atoms with Crippen LogP contribution >= 0.6 is 0 Å². The van der Waals surface area contributed by atoms with Crippen molar-refractivity contribution in [3.05, 3.63) is 69.6 Å². The number of phenols is 2. The molecule has 1 unspecified atom stereocenters. The molecule has 3 aromatic rings. The summed E-state index contributed by atoms with van der Waals surface area (Å²) in [5.41, 5.74) is 1.61. The Bertz CT molecular complexity index is 1180. The smallest absolute Gasteiger partial charge is 0.336 e. The Morgan fingerprint density at radius 1 is 1.13 bits per heavy atom. The third-order valence-electron chi connectivity index (χ3n) is 5.34. The highest BCUT2D eigenvalue weighted by Crippen LogP contribution is 2.44. The Balaban J connectivity index is 2.50. The van der Waals surface area contributed by atoms with Crippen LogP contribution in [0.15, 0.2) is 57.3 Å². The van der Waals surface area contributed by atoms with Crippen molar-refractivity contribution in [3.8, 4) is 22.6 Å². The average molecular weight is 406 g/mol. The highest BCUT2D eigenvalue weighted by atomic mass is 16.4. The summed E-state index contributed by atoms with van der Waals surface area (Å²) < 4.78 is 5.40. The van der Waals surface area contributed by atoms with E-state index >= 15 is 0 Å². The first kappa shape index (κ1) is 21.4. The van der Waals surface area contributed by atoms with Crippen molar-refractivity contribution in [2.75, 3.05) is 0 Å². The molecule has 5 heteroatoms. The number of ketones is 1. The standard InChI is InChI=1S/C25H26O5/c1-5-15(4)22(27)21-24(29)17(12-11-14(2)3)23(28)20-18(13-19(26)30-25(20)21)16-9-7-6-8-10-16/h6-11,13,15,28-29H,5,12H2,1-4H3. The van der Waals surface area contributed by atoms with Gasteiger partial charge in [0, 0.05) is 23.1 Å². The fraction of sp³-hybridized carbons (Fsp3) is 0.280. The molecule has 2 N–H and O–H groups in total. The molecule has 5 nitrogen and oxygen atoms in total. The maximum atomic E-state index is 13.2. The van der Waals surface area contributed by atoms with Crippen LogP contribution in [-0.2, 0) is 6.42 Å². The molecule has 0 radical (unpaired) electrons. The van der Waals surface area contributed by atoms with Crippen molar-refractivity contribution >= 4 is 16.8 Å². The second kappa shape index (κ2) is 8.57. The minimum absolute atomic E-state index is 0.0517. The Hall–Kier alpha value is -3.34. The van der Waals surface area contributed by atoms with E-state index in [0.29, 0.717) is 17.5 Å². The van der Waals surface area contributed by atoms with E-state index in [1.165, 1.54) is 6.07 Å². The first-order valence-electron chi connectivity index (χ1n) is 10.0. The second-order valence-corrected chi connectivity index (χ2v) is 7.76. The Morgan fingerprint density at radius 2 is 1.80 bits per heavy atom. The van der Waals surface area contributed by atoms with Gasteiger partial charge < -0.3 is 14.6 Å². The van der Waals surface area contributed by atoms with Gasteiger partial charge in [-0.05, 0) is 32.3 Å². The van der Waals surface area contributed by atoms with Crippen LogP contribution in [0.5, 0.6) is 11.5 Å². The van der Waals surface area contributed by atoms with E-state index in [9.17, 15) is 19.8 Å². The molecule has 0 saturated heterocycles. The van der Waals surface area contributed by atoms with Crippen molar-refractivity contribution in [1.29, 1.82) is 0 Å². The highest BCUT2D eigenvalue weighted by molar-refractivity contribution is 6.14. The van der Waals surface area contributed by atoms with Crippen LogP contribution in [0, 0.1) is 5.92 Å². The molecule has 0 aliphatic rings. The van der Waals surface area contributed by atoms with Crippen molar-refractivity contribution in [3.63, 3.8) is 0 Å². The van der Waals surface area contributed by atoms with Gasteiger partial charge in [-0.25, -0.2) is 4.79 Å². The van der Waals surface area contributed by atoms with Gasteiger partial charge in [0.2, 0.25) is 0 Å². The lowest BCUT2D eigenvalue weighted by Crippen LogP contribution is -2.13. The Kier molecular flexibility index (Phi) is 6.11. The van der Waals surface area contributed by atoms with Crippen LogP contribution in [0.3, 0.4) is 0 Å². The summed E-state index contributed by atoms with van der Waals surface area (Å²) in [6, 6.07) is 10.4. The topological polar surface area (TPSA) is 87.7 Å². The average Bonchev–Trinajstić information content (AvgIpc) is 2.72. The van der Waals surface area contributed by atoms with Gasteiger partial charge >= 0.3 is 5.63 Å². The van der Waals surface area contributed by atoms with Crippen LogP contribution in [0.25, 0.3) is 22.1 Å². The van der Waals surface area contributed by atoms with E-state index in [2.05, 4.69) is 0 Å². The molecule has 156 valence electrons. The zero-order chi connectivity index (χ0) is 22.0. The zero-order valence-corrected chi connectivity index (χ0v) is 17.7. The van der Waals surface area contributed by atoms with Crippen LogP contribution in [-0.4, -0.2) is 16.0 Å². The molecule has 0 spiro atoms. The van der Waals surface area contributed by atoms with Crippen molar-refractivity contribution in [2.24, 2.45) is 5.92 Å². The maximum Gasteiger partial charge on any atom is 0.336 e. The largest absolute Gasteiger partial charge is 0.507 e. The van der Waals surface area contributed by atoms with E-state index in [4.69, 9.17) is 4.42 Å². The van der Waals surface area contributed by atoms with Gasteiger partial charge in [-0.2, -0.15) is 0 Å². The molecule has 30 heavy (non-hydrogen) atoms. The summed E-state index contributed by atoms with van der Waals surface area (Å²) in [5, 5.41) is 22.3. The lowest BCUT2D eigenvalue weighted by Gasteiger charge is -2.18. The number of fused-ring (bicyclic) bond motifs is 1. The minimum atomic E-state index is -0.657. The number of phenolic OH excluding ortho intramolecular Hbond substituents is 2. The highest BCUT2D eigenvalue weighted by Gasteiger charge is 2.29. The normalized spacial score (nSPS) is 12.0. The lowest BCUT2D eigenvalue weighted by molar-refractivity contribution is 0.0925. The molecule has 0 aliphatic carbocycles. The predicted molar refractivity (Wildman–Crippen MR) is 118 cm³/mol. The number of hydrogen-bond acceptors (Lipinski definition) is 5. The molecular weight excluding hydrogens is 380 g/mol. The SMILES string of the molecule is CCC(C)C(=O)c1c(O)c(CC=C(C)C)c(O)c2c(-c3ccccc3)cc(=O)oc12. The van der Waals surface area contributed by atoms with Gasteiger partial charge in [-0.15, -0.1) is 0 Å². The maximum absolute atomic E-state index is 13.2. The Morgan fingerprint density at radius 3 is 2.40 bits per heavy atom. The summed E-state index contributed by atoms with van der Waals surface area (Å²) in [5.74, 6) is -1.24. The Labute approximate surface area is 175 Å². The van der Waals surface area contributed by atoms with Crippen LogP contribution in [0.1, 0.15) is 50.0 Å². The van der Waals surface area contributed by atoms with Crippen LogP contribution in [0.2, 0.25) is 0 Å². The third-order valence-corrected chi connectivity index (χ3v) is 5.34. The predicted octanol–water partition coefficient (Wildman–Crippen LogP) is 5.61.